The number of nitrogens with zero attached hydrogens (tertiary/aromatic N) is 5. The van der Waals surface area contributed by atoms with Gasteiger partial charge in [0.1, 0.15) is 5.82 Å². The Balaban J connectivity index is 1.36. The minimum atomic E-state index is -0.300. The van der Waals surface area contributed by atoms with Crippen molar-refractivity contribution in [2.45, 2.75) is 19.4 Å². The van der Waals surface area contributed by atoms with Gasteiger partial charge in [-0.2, -0.15) is 0 Å². The summed E-state index contributed by atoms with van der Waals surface area (Å²) >= 11 is 0. The van der Waals surface area contributed by atoms with Crippen LogP contribution in [0.1, 0.15) is 17.7 Å². The number of aromatic nitrogens is 3. The molecule has 1 aromatic carbocycles. The lowest BCUT2D eigenvalue weighted by Gasteiger charge is -2.22. The Morgan fingerprint density at radius 3 is 2.96 bits per heavy atom. The van der Waals surface area contributed by atoms with Gasteiger partial charge < -0.3 is 4.90 Å². The van der Waals surface area contributed by atoms with Gasteiger partial charge in [-0.15, -0.1) is 0 Å². The summed E-state index contributed by atoms with van der Waals surface area (Å²) in [5.74, 6) is -0.242. The van der Waals surface area contributed by atoms with Crippen LogP contribution in [0.5, 0.6) is 0 Å². The van der Waals surface area contributed by atoms with Crippen molar-refractivity contribution >= 4 is 11.6 Å². The summed E-state index contributed by atoms with van der Waals surface area (Å²) in [4.78, 5) is 25.3. The number of carbonyl (C=O) groups is 1. The molecule has 7 heteroatoms. The topological polar surface area (TPSA) is 53.7 Å². The molecule has 27 heavy (non-hydrogen) atoms. The van der Waals surface area contributed by atoms with Crippen molar-refractivity contribution in [1.29, 1.82) is 0 Å². The molecule has 140 valence electrons. The van der Waals surface area contributed by atoms with Crippen LogP contribution in [0.2, 0.25) is 0 Å². The molecule has 0 bridgehead atoms. The molecule has 3 heterocycles. The van der Waals surface area contributed by atoms with Gasteiger partial charge in [0.15, 0.2) is 5.65 Å². The van der Waals surface area contributed by atoms with Gasteiger partial charge in [-0.05, 0) is 24.1 Å². The van der Waals surface area contributed by atoms with E-state index in [0.717, 1.165) is 49.5 Å². The monoisotopic (exact) mass is 367 g/mol. The average molecular weight is 367 g/mol. The summed E-state index contributed by atoms with van der Waals surface area (Å²) in [7, 11) is 0. The molecule has 1 amide bonds. The number of carbonyl (C=O) groups excluding carboxylic acids is 1. The first-order valence-corrected chi connectivity index (χ1v) is 9.19. The Labute approximate surface area is 157 Å². The number of fused-ring (bicyclic) bond motifs is 1. The fourth-order valence-corrected chi connectivity index (χ4v) is 3.55. The van der Waals surface area contributed by atoms with Crippen LogP contribution in [-0.2, 0) is 17.8 Å². The fourth-order valence-electron chi connectivity index (χ4n) is 3.55. The molecule has 1 saturated heterocycles. The maximum Gasteiger partial charge on any atom is 0.227 e. The summed E-state index contributed by atoms with van der Waals surface area (Å²) in [5.41, 5.74) is 2.68. The summed E-state index contributed by atoms with van der Waals surface area (Å²) < 4.78 is 15.4. The Morgan fingerprint density at radius 2 is 2.07 bits per heavy atom. The van der Waals surface area contributed by atoms with Crippen LogP contribution in [0, 0.1) is 5.82 Å². The molecule has 0 atom stereocenters. The lowest BCUT2D eigenvalue weighted by molar-refractivity contribution is -0.130. The number of rotatable bonds is 4. The van der Waals surface area contributed by atoms with Gasteiger partial charge in [0.25, 0.3) is 0 Å². The lowest BCUT2D eigenvalue weighted by atomic mass is 10.1. The summed E-state index contributed by atoms with van der Waals surface area (Å²) in [6.07, 6.45) is 8.48. The minimum absolute atomic E-state index is 0.0586. The van der Waals surface area contributed by atoms with Crippen molar-refractivity contribution in [3.05, 3.63) is 66.1 Å². The molecule has 0 saturated carbocycles. The third-order valence-corrected chi connectivity index (χ3v) is 4.97. The van der Waals surface area contributed by atoms with Gasteiger partial charge in [-0.25, -0.2) is 9.37 Å². The molecule has 0 N–H and O–H groups in total. The zero-order valence-electron chi connectivity index (χ0n) is 15.1. The molecule has 0 unspecified atom stereocenters. The highest BCUT2D eigenvalue weighted by Crippen LogP contribution is 2.12. The van der Waals surface area contributed by atoms with E-state index in [1.54, 1.807) is 24.5 Å². The number of halogens is 1. The Morgan fingerprint density at radius 1 is 1.15 bits per heavy atom. The van der Waals surface area contributed by atoms with E-state index in [1.165, 1.54) is 12.1 Å². The predicted molar refractivity (Wildman–Crippen MR) is 99.6 cm³/mol. The third kappa shape index (κ3) is 4.14. The van der Waals surface area contributed by atoms with Crippen LogP contribution in [0.25, 0.3) is 5.65 Å². The van der Waals surface area contributed by atoms with Gasteiger partial charge in [-0.3, -0.25) is 19.1 Å². The van der Waals surface area contributed by atoms with Crippen LogP contribution < -0.4 is 0 Å². The van der Waals surface area contributed by atoms with E-state index in [2.05, 4.69) is 14.9 Å². The second kappa shape index (κ2) is 7.84. The minimum Gasteiger partial charge on any atom is -0.341 e. The fraction of sp³-hybridized carbons (Fsp3) is 0.350. The normalized spacial score (nSPS) is 15.8. The van der Waals surface area contributed by atoms with Gasteiger partial charge in [-0.1, -0.05) is 12.1 Å². The molecular formula is C20H22FN5O. The Kier molecular flexibility index (Phi) is 5.11. The number of benzene rings is 1. The third-order valence-electron chi connectivity index (χ3n) is 4.97. The predicted octanol–water partition coefficient (Wildman–Crippen LogP) is 2.15. The van der Waals surface area contributed by atoms with Gasteiger partial charge in [0, 0.05) is 45.1 Å². The number of hydrogen-bond acceptors (Lipinski definition) is 4. The van der Waals surface area contributed by atoms with Crippen molar-refractivity contribution in [2.75, 3.05) is 26.2 Å². The first-order chi connectivity index (χ1) is 13.2. The van der Waals surface area contributed by atoms with E-state index in [1.807, 2.05) is 21.7 Å². The lowest BCUT2D eigenvalue weighted by Crippen LogP contribution is -2.36. The standard InChI is InChI=1S/C20H22FN5O/c21-17-4-1-3-16(11-17)12-20(27)25-7-2-6-24(9-10-25)15-18-13-23-19-14-22-5-8-26(18)19/h1,3-5,8,11,13-14H,2,6-7,9-10,12,15H2. The largest absolute Gasteiger partial charge is 0.341 e. The van der Waals surface area contributed by atoms with Crippen LogP contribution in [0.15, 0.2) is 49.1 Å². The molecule has 2 aromatic heterocycles. The van der Waals surface area contributed by atoms with Gasteiger partial charge in [0.05, 0.1) is 24.5 Å². The molecule has 0 aliphatic carbocycles. The van der Waals surface area contributed by atoms with E-state index in [4.69, 9.17) is 0 Å². The molecule has 0 radical (unpaired) electrons. The zero-order valence-corrected chi connectivity index (χ0v) is 15.1. The highest BCUT2D eigenvalue weighted by atomic mass is 19.1. The van der Waals surface area contributed by atoms with Crippen LogP contribution >= 0.6 is 0 Å². The summed E-state index contributed by atoms with van der Waals surface area (Å²) in [6.45, 7) is 3.96. The number of imidazole rings is 1. The smallest absolute Gasteiger partial charge is 0.227 e. The summed E-state index contributed by atoms with van der Waals surface area (Å²) in [6, 6.07) is 6.27. The molecular weight excluding hydrogens is 345 g/mol. The maximum absolute atomic E-state index is 13.3. The SMILES string of the molecule is O=C(Cc1cccc(F)c1)N1CCCN(Cc2cnc3cnccn23)CC1. The molecule has 0 spiro atoms. The maximum atomic E-state index is 13.3. The van der Waals surface area contributed by atoms with E-state index in [-0.39, 0.29) is 18.1 Å². The van der Waals surface area contributed by atoms with Crippen molar-refractivity contribution in [3.63, 3.8) is 0 Å². The molecule has 6 nitrogen and oxygen atoms in total. The van der Waals surface area contributed by atoms with Crippen molar-refractivity contribution < 1.29 is 9.18 Å². The van der Waals surface area contributed by atoms with Crippen LogP contribution in [0.3, 0.4) is 0 Å². The van der Waals surface area contributed by atoms with Crippen molar-refractivity contribution in [2.24, 2.45) is 0 Å². The molecule has 1 aliphatic rings. The Bertz CT molecular complexity index is 941. The molecule has 3 aromatic rings. The first-order valence-electron chi connectivity index (χ1n) is 9.19. The highest BCUT2D eigenvalue weighted by Gasteiger charge is 2.20. The zero-order chi connectivity index (χ0) is 18.6. The van der Waals surface area contributed by atoms with Crippen molar-refractivity contribution in [3.8, 4) is 0 Å². The molecule has 4 rings (SSSR count). The van der Waals surface area contributed by atoms with E-state index >= 15 is 0 Å². The van der Waals surface area contributed by atoms with Crippen LogP contribution in [0.4, 0.5) is 4.39 Å². The summed E-state index contributed by atoms with van der Waals surface area (Å²) in [5, 5.41) is 0. The van der Waals surface area contributed by atoms with Crippen LogP contribution in [-0.4, -0.2) is 56.3 Å². The van der Waals surface area contributed by atoms with E-state index < -0.39 is 0 Å². The number of hydrogen-bond donors (Lipinski definition) is 0. The average Bonchev–Trinajstić information content (AvgIpc) is 2.91. The Hall–Kier alpha value is -2.80. The van der Waals surface area contributed by atoms with Gasteiger partial charge in [0.2, 0.25) is 5.91 Å². The second-order valence-corrected chi connectivity index (χ2v) is 6.87. The first kappa shape index (κ1) is 17.6. The van der Waals surface area contributed by atoms with E-state index in [0.29, 0.717) is 6.54 Å². The highest BCUT2D eigenvalue weighted by molar-refractivity contribution is 5.78. The second-order valence-electron chi connectivity index (χ2n) is 6.87. The molecule has 1 aliphatic heterocycles. The van der Waals surface area contributed by atoms with Crippen molar-refractivity contribution in [1.82, 2.24) is 24.2 Å². The number of amides is 1. The van der Waals surface area contributed by atoms with E-state index in [9.17, 15) is 9.18 Å². The quantitative estimate of drug-likeness (QED) is 0.709. The molecule has 1 fully saturated rings. The van der Waals surface area contributed by atoms with Gasteiger partial charge >= 0.3 is 0 Å².